The maximum Gasteiger partial charge on any atom is 0.502 e. The van der Waals surface area contributed by atoms with Crippen LogP contribution < -0.4 is 5.32 Å². The predicted molar refractivity (Wildman–Crippen MR) is 88.9 cm³/mol. The molecule has 1 aromatic carbocycles. The zero-order valence-electron chi connectivity index (χ0n) is 13.3. The number of hydrogen-bond donors (Lipinski definition) is 1. The highest BCUT2D eigenvalue weighted by Gasteiger charge is 2.39. The van der Waals surface area contributed by atoms with Crippen LogP contribution in [0.4, 0.5) is 0 Å². The van der Waals surface area contributed by atoms with E-state index in [0.717, 1.165) is 12.6 Å². The molecule has 0 bridgehead atoms. The van der Waals surface area contributed by atoms with Crippen LogP contribution >= 0.6 is 0 Å². The van der Waals surface area contributed by atoms with Gasteiger partial charge in [0.25, 0.3) is 0 Å². The van der Waals surface area contributed by atoms with Crippen LogP contribution in [-0.2, 0) is 13.3 Å². The van der Waals surface area contributed by atoms with Crippen molar-refractivity contribution in [3.8, 4) is 0 Å². The van der Waals surface area contributed by atoms with Gasteiger partial charge in [-0.1, -0.05) is 30.3 Å². The first-order chi connectivity index (χ1) is 10.3. The van der Waals surface area contributed by atoms with E-state index in [0.29, 0.717) is 19.8 Å². The van der Waals surface area contributed by atoms with E-state index >= 15 is 0 Å². The molecule has 0 amide bonds. The molecule has 0 aliphatic carbocycles. The van der Waals surface area contributed by atoms with Crippen molar-refractivity contribution < 1.29 is 13.3 Å². The Bertz CT molecular complexity index is 381. The standard InChI is InChI=1S/C16H27NO3Si/c1-4-18-21(19-5-2,20-6-3)15-14-17-13-12-16-10-8-7-9-11-16/h7-13,17H,4-6,14-15H2,1-3H3. The molecule has 0 atom stereocenters. The third kappa shape index (κ3) is 6.90. The molecule has 0 saturated heterocycles. The molecule has 0 saturated carbocycles. The fourth-order valence-corrected chi connectivity index (χ4v) is 4.48. The fourth-order valence-electron chi connectivity index (χ4n) is 2.03. The van der Waals surface area contributed by atoms with Gasteiger partial charge in [-0.2, -0.15) is 0 Å². The first-order valence-electron chi connectivity index (χ1n) is 7.63. The van der Waals surface area contributed by atoms with Gasteiger partial charge in [0.1, 0.15) is 0 Å². The van der Waals surface area contributed by atoms with Crippen molar-refractivity contribution in [3.05, 3.63) is 42.1 Å². The second kappa shape index (κ2) is 10.6. The summed E-state index contributed by atoms with van der Waals surface area (Å²) in [5, 5.41) is 3.28. The molecule has 0 heterocycles. The van der Waals surface area contributed by atoms with Gasteiger partial charge in [0, 0.05) is 32.4 Å². The zero-order valence-corrected chi connectivity index (χ0v) is 14.3. The molecule has 0 fully saturated rings. The molecule has 0 aromatic heterocycles. The van der Waals surface area contributed by atoms with Gasteiger partial charge in [-0.05, 0) is 38.6 Å². The maximum atomic E-state index is 5.81. The maximum absolute atomic E-state index is 5.81. The van der Waals surface area contributed by atoms with Gasteiger partial charge in [0.15, 0.2) is 0 Å². The molecule has 1 N–H and O–H groups in total. The smallest absolute Gasteiger partial charge is 0.391 e. The molecule has 5 heteroatoms. The SMILES string of the molecule is CCO[Si](CCNC=Cc1ccccc1)(OCC)OCC. The van der Waals surface area contributed by atoms with Gasteiger partial charge in [-0.25, -0.2) is 0 Å². The highest BCUT2D eigenvalue weighted by atomic mass is 28.4. The Kier molecular flexibility index (Phi) is 9.01. The Morgan fingerprint density at radius 1 is 0.952 bits per heavy atom. The molecule has 21 heavy (non-hydrogen) atoms. The molecular formula is C16H27NO3Si. The lowest BCUT2D eigenvalue weighted by Crippen LogP contribution is -2.47. The minimum absolute atomic E-state index is 0.617. The van der Waals surface area contributed by atoms with E-state index in [9.17, 15) is 0 Å². The molecule has 0 spiro atoms. The Morgan fingerprint density at radius 3 is 2.05 bits per heavy atom. The first kappa shape index (κ1) is 17.9. The number of benzene rings is 1. The van der Waals surface area contributed by atoms with Crippen molar-refractivity contribution >= 4 is 14.9 Å². The van der Waals surface area contributed by atoms with Crippen LogP contribution in [0.2, 0.25) is 6.04 Å². The van der Waals surface area contributed by atoms with Crippen LogP contribution in [0, 0.1) is 0 Å². The second-order valence-electron chi connectivity index (χ2n) is 4.43. The van der Waals surface area contributed by atoms with Gasteiger partial charge < -0.3 is 18.6 Å². The van der Waals surface area contributed by atoms with E-state index in [2.05, 4.69) is 17.4 Å². The molecule has 0 radical (unpaired) electrons. The van der Waals surface area contributed by atoms with Crippen LogP contribution in [-0.4, -0.2) is 35.2 Å². The van der Waals surface area contributed by atoms with Gasteiger partial charge >= 0.3 is 8.80 Å². The molecule has 1 aromatic rings. The molecule has 1 rings (SSSR count). The van der Waals surface area contributed by atoms with Crippen LogP contribution in [0.3, 0.4) is 0 Å². The lowest BCUT2D eigenvalue weighted by atomic mass is 10.2. The van der Waals surface area contributed by atoms with Gasteiger partial charge in [0.05, 0.1) is 0 Å². The van der Waals surface area contributed by atoms with Gasteiger partial charge in [-0.15, -0.1) is 0 Å². The Hall–Kier alpha value is -1.14. The zero-order chi connectivity index (χ0) is 15.4. The van der Waals surface area contributed by atoms with Crippen LogP contribution in [0.15, 0.2) is 36.5 Å². The molecule has 4 nitrogen and oxygen atoms in total. The number of rotatable bonds is 11. The average Bonchev–Trinajstić information content (AvgIpc) is 2.49. The highest BCUT2D eigenvalue weighted by Crippen LogP contribution is 2.15. The molecular weight excluding hydrogens is 282 g/mol. The lowest BCUT2D eigenvalue weighted by molar-refractivity contribution is 0.0716. The van der Waals surface area contributed by atoms with E-state index in [1.54, 1.807) is 0 Å². The van der Waals surface area contributed by atoms with Crippen molar-refractivity contribution in [2.45, 2.75) is 26.8 Å². The summed E-state index contributed by atoms with van der Waals surface area (Å²) in [6.45, 7) is 8.55. The van der Waals surface area contributed by atoms with E-state index < -0.39 is 8.80 Å². The van der Waals surface area contributed by atoms with E-state index in [4.69, 9.17) is 13.3 Å². The van der Waals surface area contributed by atoms with Crippen LogP contribution in [0.1, 0.15) is 26.3 Å². The van der Waals surface area contributed by atoms with Crippen molar-refractivity contribution in [1.82, 2.24) is 5.32 Å². The summed E-state index contributed by atoms with van der Waals surface area (Å²) in [6.07, 6.45) is 4.00. The summed E-state index contributed by atoms with van der Waals surface area (Å²) < 4.78 is 17.4. The monoisotopic (exact) mass is 309 g/mol. The third-order valence-electron chi connectivity index (χ3n) is 2.86. The quantitative estimate of drug-likeness (QED) is 0.503. The van der Waals surface area contributed by atoms with E-state index in [1.807, 2.05) is 51.2 Å². The first-order valence-corrected chi connectivity index (χ1v) is 9.56. The predicted octanol–water partition coefficient (Wildman–Crippen LogP) is 3.30. The van der Waals surface area contributed by atoms with Gasteiger partial charge in [-0.3, -0.25) is 0 Å². The Labute approximate surface area is 129 Å². The van der Waals surface area contributed by atoms with Crippen LogP contribution in [0.25, 0.3) is 6.08 Å². The molecule has 118 valence electrons. The lowest BCUT2D eigenvalue weighted by Gasteiger charge is -2.28. The molecule has 0 aliphatic heterocycles. The highest BCUT2D eigenvalue weighted by molar-refractivity contribution is 6.60. The molecule has 0 unspecified atom stereocenters. The van der Waals surface area contributed by atoms with Crippen molar-refractivity contribution in [2.75, 3.05) is 26.4 Å². The largest absolute Gasteiger partial charge is 0.502 e. The summed E-state index contributed by atoms with van der Waals surface area (Å²) in [5.41, 5.74) is 1.17. The van der Waals surface area contributed by atoms with Gasteiger partial charge in [0.2, 0.25) is 0 Å². The van der Waals surface area contributed by atoms with Crippen molar-refractivity contribution in [1.29, 1.82) is 0 Å². The summed E-state index contributed by atoms with van der Waals surface area (Å²) in [4.78, 5) is 0. The van der Waals surface area contributed by atoms with Crippen molar-refractivity contribution in [3.63, 3.8) is 0 Å². The summed E-state index contributed by atoms with van der Waals surface area (Å²) >= 11 is 0. The van der Waals surface area contributed by atoms with Crippen LogP contribution in [0.5, 0.6) is 0 Å². The molecule has 0 aliphatic rings. The second-order valence-corrected chi connectivity index (χ2v) is 7.16. The third-order valence-corrected chi connectivity index (χ3v) is 5.91. The van der Waals surface area contributed by atoms with Crippen molar-refractivity contribution in [2.24, 2.45) is 0 Å². The summed E-state index contributed by atoms with van der Waals surface area (Å²) in [7, 11) is -2.52. The van der Waals surface area contributed by atoms with E-state index in [1.165, 1.54) is 5.56 Å². The summed E-state index contributed by atoms with van der Waals surface area (Å²) in [6, 6.07) is 11.0. The fraction of sp³-hybridized carbons (Fsp3) is 0.500. The topological polar surface area (TPSA) is 39.7 Å². The average molecular weight is 309 g/mol. The Morgan fingerprint density at radius 2 is 1.52 bits per heavy atom. The summed E-state index contributed by atoms with van der Waals surface area (Å²) in [5.74, 6) is 0. The Balaban J connectivity index is 2.43. The normalized spacial score (nSPS) is 12.0. The van der Waals surface area contributed by atoms with E-state index in [-0.39, 0.29) is 0 Å². The number of nitrogens with one attached hydrogen (secondary N) is 1. The number of hydrogen-bond acceptors (Lipinski definition) is 4. The minimum atomic E-state index is -2.52. The minimum Gasteiger partial charge on any atom is -0.391 e.